The Bertz CT molecular complexity index is 2800. The first-order valence-electron chi connectivity index (χ1n) is 20.2. The summed E-state index contributed by atoms with van der Waals surface area (Å²) >= 11 is 0. The second-order valence-corrected chi connectivity index (χ2v) is 15.1. The number of nitrogens with zero attached hydrogens (tertiary/aromatic N) is 1. The van der Waals surface area contributed by atoms with E-state index in [4.69, 9.17) is 0 Å². The van der Waals surface area contributed by atoms with Gasteiger partial charge in [-0.25, -0.2) is 0 Å². The first kappa shape index (κ1) is 34.5. The monoisotopic (exact) mass is 729 g/mol. The third kappa shape index (κ3) is 6.72. The van der Waals surface area contributed by atoms with Crippen molar-refractivity contribution in [1.82, 2.24) is 0 Å². The SMILES string of the molecule is c1ccc(-c2ccc(-c3ccccc3N(c3ccc(-c4cc5c(c6ccccc46)CCCC5)cc3)c3ccc(-c4ccccc4)c(-c4ccccc4)c3)cc2)cc1. The lowest BCUT2D eigenvalue weighted by Crippen LogP contribution is -2.11. The van der Waals surface area contributed by atoms with Gasteiger partial charge in [-0.2, -0.15) is 0 Å². The molecule has 1 aliphatic rings. The fourth-order valence-corrected chi connectivity index (χ4v) is 8.87. The number of hydrogen-bond acceptors (Lipinski definition) is 1. The molecular formula is C56H43N. The van der Waals surface area contributed by atoms with Crippen molar-refractivity contribution in [1.29, 1.82) is 0 Å². The topological polar surface area (TPSA) is 3.24 Å². The zero-order valence-corrected chi connectivity index (χ0v) is 32.0. The van der Waals surface area contributed by atoms with Crippen LogP contribution in [0.15, 0.2) is 212 Å². The molecule has 0 spiro atoms. The Morgan fingerprint density at radius 3 is 1.51 bits per heavy atom. The Balaban J connectivity index is 1.14. The summed E-state index contributed by atoms with van der Waals surface area (Å²) in [6.07, 6.45) is 4.87. The molecule has 0 unspecified atom stereocenters. The molecule has 0 bridgehead atoms. The summed E-state index contributed by atoms with van der Waals surface area (Å²) in [7, 11) is 0. The normalized spacial score (nSPS) is 12.3. The molecule has 9 aromatic carbocycles. The number of aryl methyl sites for hydroxylation is 2. The second-order valence-electron chi connectivity index (χ2n) is 15.1. The summed E-state index contributed by atoms with van der Waals surface area (Å²) in [6, 6.07) is 77.7. The smallest absolute Gasteiger partial charge is 0.0540 e. The van der Waals surface area contributed by atoms with Crippen LogP contribution in [0.4, 0.5) is 17.1 Å². The van der Waals surface area contributed by atoms with Gasteiger partial charge in [-0.15, -0.1) is 0 Å². The molecule has 1 heteroatoms. The summed E-state index contributed by atoms with van der Waals surface area (Å²) in [5.74, 6) is 0. The average Bonchev–Trinajstić information content (AvgIpc) is 3.30. The van der Waals surface area contributed by atoms with E-state index in [0.717, 1.165) is 23.5 Å². The van der Waals surface area contributed by atoms with Gasteiger partial charge in [0.15, 0.2) is 0 Å². The minimum atomic E-state index is 1.11. The van der Waals surface area contributed by atoms with Gasteiger partial charge in [-0.3, -0.25) is 0 Å². The summed E-state index contributed by atoms with van der Waals surface area (Å²) in [6.45, 7) is 0. The number of fused-ring (bicyclic) bond motifs is 3. The van der Waals surface area contributed by atoms with Crippen LogP contribution in [0.2, 0.25) is 0 Å². The predicted molar refractivity (Wildman–Crippen MR) is 242 cm³/mol. The van der Waals surface area contributed by atoms with E-state index in [-0.39, 0.29) is 0 Å². The van der Waals surface area contributed by atoms with E-state index >= 15 is 0 Å². The Labute approximate surface area is 336 Å². The predicted octanol–water partition coefficient (Wildman–Crippen LogP) is 15.5. The maximum atomic E-state index is 2.48. The Morgan fingerprint density at radius 1 is 0.298 bits per heavy atom. The maximum absolute atomic E-state index is 2.48. The van der Waals surface area contributed by atoms with E-state index in [1.165, 1.54) is 91.2 Å². The molecule has 0 radical (unpaired) electrons. The molecule has 0 fully saturated rings. The molecule has 0 aliphatic heterocycles. The van der Waals surface area contributed by atoms with Crippen LogP contribution in [0.25, 0.3) is 66.4 Å². The van der Waals surface area contributed by atoms with Gasteiger partial charge in [0.2, 0.25) is 0 Å². The largest absolute Gasteiger partial charge is 0.310 e. The van der Waals surface area contributed by atoms with Gasteiger partial charge in [0.25, 0.3) is 0 Å². The van der Waals surface area contributed by atoms with Gasteiger partial charge < -0.3 is 4.90 Å². The van der Waals surface area contributed by atoms with Crippen molar-refractivity contribution < 1.29 is 0 Å². The van der Waals surface area contributed by atoms with Crippen LogP contribution in [-0.4, -0.2) is 0 Å². The lowest BCUT2D eigenvalue weighted by atomic mass is 9.84. The van der Waals surface area contributed by atoms with Crippen LogP contribution in [0.5, 0.6) is 0 Å². The van der Waals surface area contributed by atoms with Crippen LogP contribution in [-0.2, 0) is 12.8 Å². The van der Waals surface area contributed by atoms with Crippen molar-refractivity contribution in [3.8, 4) is 55.6 Å². The van der Waals surface area contributed by atoms with Crippen molar-refractivity contribution in [3.63, 3.8) is 0 Å². The second kappa shape index (κ2) is 15.3. The number of hydrogen-bond donors (Lipinski definition) is 0. The molecule has 1 aliphatic carbocycles. The van der Waals surface area contributed by atoms with E-state index < -0.39 is 0 Å². The highest BCUT2D eigenvalue weighted by Crippen LogP contribution is 2.45. The van der Waals surface area contributed by atoms with E-state index in [2.05, 4.69) is 217 Å². The molecule has 0 N–H and O–H groups in total. The highest BCUT2D eigenvalue weighted by atomic mass is 15.1. The maximum Gasteiger partial charge on any atom is 0.0540 e. The third-order valence-electron chi connectivity index (χ3n) is 11.7. The van der Waals surface area contributed by atoms with E-state index in [1.54, 1.807) is 5.56 Å². The van der Waals surface area contributed by atoms with Gasteiger partial charge in [0, 0.05) is 16.9 Å². The Morgan fingerprint density at radius 2 is 0.789 bits per heavy atom. The fraction of sp³-hybridized carbons (Fsp3) is 0.0714. The number of rotatable bonds is 8. The number of benzene rings is 9. The highest BCUT2D eigenvalue weighted by Gasteiger charge is 2.21. The minimum Gasteiger partial charge on any atom is -0.310 e. The molecule has 9 aromatic rings. The highest BCUT2D eigenvalue weighted by molar-refractivity contribution is 6.00. The van der Waals surface area contributed by atoms with Crippen LogP contribution in [0, 0.1) is 0 Å². The molecule has 0 atom stereocenters. The first-order valence-corrected chi connectivity index (χ1v) is 20.2. The summed E-state index contributed by atoms with van der Waals surface area (Å²) in [4.78, 5) is 2.44. The van der Waals surface area contributed by atoms with E-state index in [9.17, 15) is 0 Å². The molecule has 0 saturated carbocycles. The molecule has 0 amide bonds. The van der Waals surface area contributed by atoms with E-state index in [1.807, 2.05) is 0 Å². The van der Waals surface area contributed by atoms with Gasteiger partial charge in [-0.05, 0) is 128 Å². The molecule has 0 aromatic heterocycles. The number of anilines is 3. The molecule has 10 rings (SSSR count). The van der Waals surface area contributed by atoms with Crippen molar-refractivity contribution in [2.24, 2.45) is 0 Å². The quantitative estimate of drug-likeness (QED) is 0.151. The standard InChI is InChI=1S/C56H43N/c1-4-16-40(17-5-1)41-28-30-44(31-29-41)51-24-14-15-27-56(51)57(48-36-37-50(42-18-6-2-7-19-42)55(39-48)43-20-8-3-9-21-43)47-34-32-45(33-35-47)54-38-46-22-10-11-23-49(46)52-25-12-13-26-53(52)54/h1-9,12-21,24-39H,10-11,22-23H2. The van der Waals surface area contributed by atoms with Crippen molar-refractivity contribution in [2.75, 3.05) is 4.90 Å². The van der Waals surface area contributed by atoms with E-state index in [0.29, 0.717) is 0 Å². The summed E-state index contributed by atoms with van der Waals surface area (Å²) < 4.78 is 0. The molecule has 57 heavy (non-hydrogen) atoms. The molecular weight excluding hydrogens is 687 g/mol. The third-order valence-corrected chi connectivity index (χ3v) is 11.7. The summed E-state index contributed by atoms with van der Waals surface area (Å²) in [5, 5.41) is 2.76. The molecule has 0 heterocycles. The lowest BCUT2D eigenvalue weighted by Gasteiger charge is -2.29. The average molecular weight is 730 g/mol. The molecule has 272 valence electrons. The van der Waals surface area contributed by atoms with Crippen LogP contribution in [0.3, 0.4) is 0 Å². The van der Waals surface area contributed by atoms with Crippen LogP contribution < -0.4 is 4.90 Å². The zero-order chi connectivity index (χ0) is 38.0. The Kier molecular flexibility index (Phi) is 9.26. The van der Waals surface area contributed by atoms with Crippen LogP contribution in [0.1, 0.15) is 24.0 Å². The van der Waals surface area contributed by atoms with Crippen molar-refractivity contribution in [2.45, 2.75) is 25.7 Å². The van der Waals surface area contributed by atoms with Crippen LogP contribution >= 0.6 is 0 Å². The minimum absolute atomic E-state index is 1.11. The Hall–Kier alpha value is -6.96. The van der Waals surface area contributed by atoms with Gasteiger partial charge in [-0.1, -0.05) is 182 Å². The van der Waals surface area contributed by atoms with Gasteiger partial charge in [0.1, 0.15) is 0 Å². The first-order chi connectivity index (χ1) is 28.3. The van der Waals surface area contributed by atoms with Gasteiger partial charge >= 0.3 is 0 Å². The molecule has 0 saturated heterocycles. The lowest BCUT2D eigenvalue weighted by molar-refractivity contribution is 0.690. The van der Waals surface area contributed by atoms with Crippen molar-refractivity contribution in [3.05, 3.63) is 223 Å². The van der Waals surface area contributed by atoms with Crippen molar-refractivity contribution >= 4 is 27.8 Å². The number of para-hydroxylation sites is 1. The van der Waals surface area contributed by atoms with Gasteiger partial charge in [0.05, 0.1) is 5.69 Å². The zero-order valence-electron chi connectivity index (χ0n) is 32.0. The summed E-state index contributed by atoms with van der Waals surface area (Å²) in [5.41, 5.74) is 18.6. The molecule has 1 nitrogen and oxygen atoms in total. The fourth-order valence-electron chi connectivity index (χ4n) is 8.87.